The maximum absolute atomic E-state index is 11.2. The van der Waals surface area contributed by atoms with E-state index in [1.54, 1.807) is 0 Å². The number of hydrogen-bond acceptors (Lipinski definition) is 1. The lowest BCUT2D eigenvalue weighted by atomic mass is 9.69. The van der Waals surface area contributed by atoms with Gasteiger partial charge in [-0.25, -0.2) is 0 Å². The van der Waals surface area contributed by atoms with Crippen molar-refractivity contribution in [2.45, 2.75) is 51.9 Å². The summed E-state index contributed by atoms with van der Waals surface area (Å²) in [6.45, 7) is 2.21. The van der Waals surface area contributed by atoms with Crippen molar-refractivity contribution >= 4 is 5.97 Å². The second kappa shape index (κ2) is 3.56. The second-order valence-electron chi connectivity index (χ2n) is 5.02. The van der Waals surface area contributed by atoms with Crippen LogP contribution in [0.25, 0.3) is 0 Å². The highest BCUT2D eigenvalue weighted by Crippen LogP contribution is 2.58. The first-order valence-corrected chi connectivity index (χ1v) is 5.94. The molecule has 0 spiro atoms. The molecule has 0 aromatic carbocycles. The second-order valence-corrected chi connectivity index (χ2v) is 5.02. The van der Waals surface area contributed by atoms with Crippen LogP contribution in [0.4, 0.5) is 0 Å². The van der Waals surface area contributed by atoms with Gasteiger partial charge in [-0.2, -0.15) is 0 Å². The lowest BCUT2D eigenvalue weighted by molar-refractivity contribution is -0.147. The van der Waals surface area contributed by atoms with E-state index in [9.17, 15) is 9.90 Å². The number of carboxylic acids is 1. The van der Waals surface area contributed by atoms with Gasteiger partial charge >= 0.3 is 5.97 Å². The van der Waals surface area contributed by atoms with E-state index in [0.717, 1.165) is 19.3 Å². The fraction of sp³-hybridized carbons (Fsp3) is 0.917. The standard InChI is InChI=1S/C12H20O2/c1-2-9-5-3-4-6-10(9)12(7-8-12)11(13)14/h9-10H,2-8H2,1H3,(H,13,14). The van der Waals surface area contributed by atoms with Gasteiger partial charge in [-0.1, -0.05) is 32.6 Å². The molecule has 2 heteroatoms. The van der Waals surface area contributed by atoms with Crippen molar-refractivity contribution in [3.05, 3.63) is 0 Å². The molecule has 0 radical (unpaired) electrons. The highest BCUT2D eigenvalue weighted by molar-refractivity contribution is 5.78. The number of aliphatic carboxylic acids is 1. The summed E-state index contributed by atoms with van der Waals surface area (Å²) in [6.07, 6.45) is 8.01. The predicted octanol–water partition coefficient (Wildman–Crippen LogP) is 3.07. The normalized spacial score (nSPS) is 35.2. The van der Waals surface area contributed by atoms with Crippen LogP contribution in [0.1, 0.15) is 51.9 Å². The van der Waals surface area contributed by atoms with Crippen LogP contribution in [-0.4, -0.2) is 11.1 Å². The Morgan fingerprint density at radius 3 is 2.50 bits per heavy atom. The Hall–Kier alpha value is -0.530. The molecule has 2 atom stereocenters. The quantitative estimate of drug-likeness (QED) is 0.753. The van der Waals surface area contributed by atoms with Crippen LogP contribution < -0.4 is 0 Å². The van der Waals surface area contributed by atoms with Crippen molar-refractivity contribution in [3.63, 3.8) is 0 Å². The molecule has 2 fully saturated rings. The lowest BCUT2D eigenvalue weighted by Gasteiger charge is -2.35. The van der Waals surface area contributed by atoms with Crippen molar-refractivity contribution in [1.29, 1.82) is 0 Å². The van der Waals surface area contributed by atoms with Gasteiger partial charge in [0.25, 0.3) is 0 Å². The fourth-order valence-electron chi connectivity index (χ4n) is 3.30. The van der Waals surface area contributed by atoms with Gasteiger partial charge in [0, 0.05) is 0 Å². The van der Waals surface area contributed by atoms with Crippen LogP contribution in [0.15, 0.2) is 0 Å². The van der Waals surface area contributed by atoms with Gasteiger partial charge in [0.15, 0.2) is 0 Å². The third-order valence-corrected chi connectivity index (χ3v) is 4.36. The Labute approximate surface area is 85.7 Å². The average Bonchev–Trinajstić information content (AvgIpc) is 2.98. The molecule has 2 nitrogen and oxygen atoms in total. The zero-order chi connectivity index (χ0) is 10.2. The number of hydrogen-bond donors (Lipinski definition) is 1. The van der Waals surface area contributed by atoms with Crippen LogP contribution in [0.2, 0.25) is 0 Å². The van der Waals surface area contributed by atoms with Crippen molar-refractivity contribution in [3.8, 4) is 0 Å². The molecule has 0 aromatic rings. The molecule has 2 aliphatic carbocycles. The number of carboxylic acid groups (broad SMARTS) is 1. The Balaban J connectivity index is 2.11. The molecule has 1 N–H and O–H groups in total. The first-order valence-electron chi connectivity index (χ1n) is 5.94. The van der Waals surface area contributed by atoms with E-state index < -0.39 is 5.97 Å². The van der Waals surface area contributed by atoms with E-state index in [0.29, 0.717) is 11.8 Å². The Kier molecular flexibility index (Phi) is 2.54. The molecule has 0 saturated heterocycles. The lowest BCUT2D eigenvalue weighted by Crippen LogP contribution is -2.33. The molecule has 0 heterocycles. The maximum atomic E-state index is 11.2. The first kappa shape index (κ1) is 10.0. The summed E-state index contributed by atoms with van der Waals surface area (Å²) in [5, 5.41) is 9.27. The van der Waals surface area contributed by atoms with Crippen LogP contribution in [0.3, 0.4) is 0 Å². The van der Waals surface area contributed by atoms with Crippen molar-refractivity contribution in [2.75, 3.05) is 0 Å². The highest BCUT2D eigenvalue weighted by atomic mass is 16.4. The van der Waals surface area contributed by atoms with Crippen molar-refractivity contribution in [1.82, 2.24) is 0 Å². The van der Waals surface area contributed by atoms with Gasteiger partial charge in [-0.15, -0.1) is 0 Å². The topological polar surface area (TPSA) is 37.3 Å². The van der Waals surface area contributed by atoms with Crippen LogP contribution in [-0.2, 0) is 4.79 Å². The van der Waals surface area contributed by atoms with Crippen LogP contribution in [0, 0.1) is 17.3 Å². The molecule has 0 amide bonds. The van der Waals surface area contributed by atoms with E-state index in [1.165, 1.54) is 25.7 Å². The average molecular weight is 196 g/mol. The molecule has 2 unspecified atom stereocenters. The maximum Gasteiger partial charge on any atom is 0.309 e. The molecular weight excluding hydrogens is 176 g/mol. The predicted molar refractivity (Wildman–Crippen MR) is 55.0 cm³/mol. The molecule has 0 aromatic heterocycles. The molecule has 0 aliphatic heterocycles. The fourth-order valence-corrected chi connectivity index (χ4v) is 3.30. The van der Waals surface area contributed by atoms with Gasteiger partial charge < -0.3 is 5.11 Å². The number of rotatable bonds is 3. The zero-order valence-electron chi connectivity index (χ0n) is 8.96. The Bertz CT molecular complexity index is 230. The van der Waals surface area contributed by atoms with E-state index in [2.05, 4.69) is 6.92 Å². The zero-order valence-corrected chi connectivity index (χ0v) is 8.96. The van der Waals surface area contributed by atoms with Gasteiger partial charge in [0.2, 0.25) is 0 Å². The Morgan fingerprint density at radius 1 is 1.36 bits per heavy atom. The smallest absolute Gasteiger partial charge is 0.309 e. The molecule has 2 saturated carbocycles. The summed E-state index contributed by atoms with van der Waals surface area (Å²) in [5.41, 5.74) is -0.291. The highest BCUT2D eigenvalue weighted by Gasteiger charge is 2.57. The largest absolute Gasteiger partial charge is 0.481 e. The van der Waals surface area contributed by atoms with Crippen molar-refractivity contribution in [2.24, 2.45) is 17.3 Å². The summed E-state index contributed by atoms with van der Waals surface area (Å²) in [6, 6.07) is 0. The summed E-state index contributed by atoms with van der Waals surface area (Å²) >= 11 is 0. The molecule has 0 bridgehead atoms. The molecule has 2 aliphatic rings. The van der Waals surface area contributed by atoms with Crippen molar-refractivity contribution < 1.29 is 9.90 Å². The molecule has 14 heavy (non-hydrogen) atoms. The van der Waals surface area contributed by atoms with Gasteiger partial charge in [-0.3, -0.25) is 4.79 Å². The summed E-state index contributed by atoms with van der Waals surface area (Å²) in [4.78, 5) is 11.2. The Morgan fingerprint density at radius 2 is 2.00 bits per heavy atom. The number of carbonyl (C=O) groups is 1. The van der Waals surface area contributed by atoms with E-state index in [4.69, 9.17) is 0 Å². The SMILES string of the molecule is CCC1CCCCC1C1(C(=O)O)CC1. The van der Waals surface area contributed by atoms with Gasteiger partial charge in [0.1, 0.15) is 0 Å². The van der Waals surface area contributed by atoms with Gasteiger partial charge in [0.05, 0.1) is 5.41 Å². The first-order chi connectivity index (χ1) is 6.70. The minimum atomic E-state index is -0.525. The van der Waals surface area contributed by atoms with Crippen LogP contribution >= 0.6 is 0 Å². The van der Waals surface area contributed by atoms with Gasteiger partial charge in [-0.05, 0) is 31.1 Å². The summed E-state index contributed by atoms with van der Waals surface area (Å²) in [5.74, 6) is 0.643. The monoisotopic (exact) mass is 196 g/mol. The minimum Gasteiger partial charge on any atom is -0.481 e. The van der Waals surface area contributed by atoms with E-state index >= 15 is 0 Å². The summed E-state index contributed by atoms with van der Waals surface area (Å²) in [7, 11) is 0. The third kappa shape index (κ3) is 1.45. The molecular formula is C12H20O2. The van der Waals surface area contributed by atoms with E-state index in [1.807, 2.05) is 0 Å². The van der Waals surface area contributed by atoms with Crippen LogP contribution in [0.5, 0.6) is 0 Å². The molecule has 2 rings (SSSR count). The molecule has 80 valence electrons. The minimum absolute atomic E-state index is 0.291. The van der Waals surface area contributed by atoms with E-state index in [-0.39, 0.29) is 5.41 Å². The summed E-state index contributed by atoms with van der Waals surface area (Å²) < 4.78 is 0. The third-order valence-electron chi connectivity index (χ3n) is 4.36.